The molecule has 0 aromatic heterocycles. The highest BCUT2D eigenvalue weighted by molar-refractivity contribution is 5.73. The van der Waals surface area contributed by atoms with E-state index in [0.717, 1.165) is 24.2 Å². The van der Waals surface area contributed by atoms with E-state index in [1.54, 1.807) is 0 Å². The maximum atomic E-state index is 11.2. The van der Waals surface area contributed by atoms with Gasteiger partial charge in [0, 0.05) is 0 Å². The summed E-state index contributed by atoms with van der Waals surface area (Å²) in [6, 6.07) is 0. The summed E-state index contributed by atoms with van der Waals surface area (Å²) >= 11 is 0. The van der Waals surface area contributed by atoms with E-state index in [1.807, 2.05) is 0 Å². The van der Waals surface area contributed by atoms with E-state index >= 15 is 0 Å². The minimum Gasteiger partial charge on any atom is -0.298 e. The fraction of sp³-hybridized carbons (Fsp3) is 0.812. The van der Waals surface area contributed by atoms with Crippen LogP contribution in [0.25, 0.3) is 0 Å². The molecule has 2 rings (SSSR count). The van der Waals surface area contributed by atoms with Gasteiger partial charge in [-0.05, 0) is 36.7 Å². The van der Waals surface area contributed by atoms with Gasteiger partial charge in [0.05, 0.1) is 0 Å². The first-order chi connectivity index (χ1) is 8.40. The first-order valence-corrected chi connectivity index (χ1v) is 7.55. The van der Waals surface area contributed by atoms with E-state index < -0.39 is 0 Å². The lowest BCUT2D eigenvalue weighted by molar-refractivity contribution is -0.105. The van der Waals surface area contributed by atoms with Gasteiger partial charge < -0.3 is 0 Å². The number of rotatable bonds is 4. The Hall–Kier alpha value is -0.590. The fourth-order valence-electron chi connectivity index (χ4n) is 3.47. The smallest absolute Gasteiger partial charge is 0.145 e. The van der Waals surface area contributed by atoms with E-state index in [2.05, 4.69) is 6.08 Å². The molecule has 0 aromatic carbocycles. The number of hydrogen-bond acceptors (Lipinski definition) is 1. The van der Waals surface area contributed by atoms with Crippen molar-refractivity contribution in [1.82, 2.24) is 0 Å². The highest BCUT2D eigenvalue weighted by Gasteiger charge is 2.18. The van der Waals surface area contributed by atoms with Crippen LogP contribution in [0.3, 0.4) is 0 Å². The molecule has 1 heteroatoms. The van der Waals surface area contributed by atoms with Gasteiger partial charge in [0.15, 0.2) is 0 Å². The van der Waals surface area contributed by atoms with Crippen LogP contribution in [-0.2, 0) is 4.79 Å². The molecule has 0 N–H and O–H groups in total. The molecule has 0 aliphatic heterocycles. The molecule has 0 atom stereocenters. The number of hydrogen-bond donors (Lipinski definition) is 0. The zero-order valence-corrected chi connectivity index (χ0v) is 11.0. The van der Waals surface area contributed by atoms with E-state index in [9.17, 15) is 4.79 Å². The van der Waals surface area contributed by atoms with Gasteiger partial charge in [0.1, 0.15) is 6.29 Å². The van der Waals surface area contributed by atoms with Crippen molar-refractivity contribution in [3.63, 3.8) is 0 Å². The van der Waals surface area contributed by atoms with E-state index in [1.165, 1.54) is 64.2 Å². The molecule has 0 aromatic rings. The Morgan fingerprint density at radius 2 is 1.47 bits per heavy atom. The van der Waals surface area contributed by atoms with Crippen molar-refractivity contribution >= 4 is 6.29 Å². The first-order valence-electron chi connectivity index (χ1n) is 7.55. The molecule has 0 radical (unpaired) electrons. The van der Waals surface area contributed by atoms with E-state index in [0.29, 0.717) is 5.92 Å². The van der Waals surface area contributed by atoms with Crippen LogP contribution in [0.1, 0.15) is 70.6 Å². The third-order valence-corrected chi connectivity index (χ3v) is 4.62. The topological polar surface area (TPSA) is 17.1 Å². The van der Waals surface area contributed by atoms with E-state index in [-0.39, 0.29) is 0 Å². The van der Waals surface area contributed by atoms with Crippen molar-refractivity contribution < 1.29 is 4.79 Å². The lowest BCUT2D eigenvalue weighted by Gasteiger charge is -2.23. The summed E-state index contributed by atoms with van der Waals surface area (Å²) in [5.41, 5.74) is 1.12. The van der Waals surface area contributed by atoms with Crippen molar-refractivity contribution in [2.24, 2.45) is 11.8 Å². The summed E-state index contributed by atoms with van der Waals surface area (Å²) in [5, 5.41) is 0. The van der Waals surface area contributed by atoms with Gasteiger partial charge >= 0.3 is 0 Å². The van der Waals surface area contributed by atoms with Crippen LogP contribution < -0.4 is 0 Å². The number of carbonyl (C=O) groups excluding carboxylic acids is 1. The standard InChI is InChI=1S/C16H26O/c17-13-16(15-9-5-2-6-10-15)12-11-14-7-3-1-4-8-14/h12-15H,1-11H2/b16-12-. The molecule has 96 valence electrons. The highest BCUT2D eigenvalue weighted by atomic mass is 16.1. The molecule has 0 heterocycles. The third-order valence-electron chi connectivity index (χ3n) is 4.62. The van der Waals surface area contributed by atoms with E-state index in [4.69, 9.17) is 0 Å². The van der Waals surface area contributed by atoms with Crippen LogP contribution in [-0.4, -0.2) is 6.29 Å². The van der Waals surface area contributed by atoms with Crippen LogP contribution in [0, 0.1) is 11.8 Å². The molecule has 2 fully saturated rings. The lowest BCUT2D eigenvalue weighted by atomic mass is 9.82. The molecule has 0 unspecified atom stereocenters. The summed E-state index contributed by atoms with van der Waals surface area (Å²) in [6.45, 7) is 0. The predicted molar refractivity (Wildman–Crippen MR) is 71.9 cm³/mol. The molecule has 0 spiro atoms. The van der Waals surface area contributed by atoms with Crippen LogP contribution in [0.15, 0.2) is 11.6 Å². The summed E-state index contributed by atoms with van der Waals surface area (Å²) in [4.78, 5) is 11.2. The van der Waals surface area contributed by atoms with Crippen molar-refractivity contribution in [2.75, 3.05) is 0 Å². The molecule has 1 nitrogen and oxygen atoms in total. The van der Waals surface area contributed by atoms with Crippen molar-refractivity contribution in [3.05, 3.63) is 11.6 Å². The van der Waals surface area contributed by atoms with Gasteiger partial charge in [-0.3, -0.25) is 4.79 Å². The second-order valence-corrected chi connectivity index (χ2v) is 5.90. The Balaban J connectivity index is 1.85. The van der Waals surface area contributed by atoms with Gasteiger partial charge in [-0.2, -0.15) is 0 Å². The van der Waals surface area contributed by atoms with Crippen molar-refractivity contribution in [3.8, 4) is 0 Å². The first kappa shape index (κ1) is 12.9. The van der Waals surface area contributed by atoms with Gasteiger partial charge in [-0.25, -0.2) is 0 Å². The monoisotopic (exact) mass is 234 g/mol. The second-order valence-electron chi connectivity index (χ2n) is 5.90. The SMILES string of the molecule is O=C/C(=C/CC1CCCCC1)C1CCCCC1. The number of allylic oxidation sites excluding steroid dienone is 2. The molecule has 0 amide bonds. The Labute approximate surface area is 106 Å². The molecule has 2 aliphatic carbocycles. The summed E-state index contributed by atoms with van der Waals surface area (Å²) in [5.74, 6) is 1.45. The Morgan fingerprint density at radius 3 is 2.06 bits per heavy atom. The minimum absolute atomic E-state index is 0.588. The zero-order valence-electron chi connectivity index (χ0n) is 11.0. The molecule has 0 saturated heterocycles. The molecule has 2 saturated carbocycles. The quantitative estimate of drug-likeness (QED) is 0.510. The summed E-state index contributed by atoms with van der Waals surface area (Å²) < 4.78 is 0. The number of aldehydes is 1. The highest BCUT2D eigenvalue weighted by Crippen LogP contribution is 2.31. The lowest BCUT2D eigenvalue weighted by Crippen LogP contribution is -2.11. The van der Waals surface area contributed by atoms with Crippen molar-refractivity contribution in [2.45, 2.75) is 70.6 Å². The predicted octanol–water partition coefficient (Wildman–Crippen LogP) is 4.66. The maximum Gasteiger partial charge on any atom is 0.145 e. The molecule has 17 heavy (non-hydrogen) atoms. The van der Waals surface area contributed by atoms with Gasteiger partial charge in [-0.15, -0.1) is 0 Å². The van der Waals surface area contributed by atoms with Crippen LogP contribution >= 0.6 is 0 Å². The summed E-state index contributed by atoms with van der Waals surface area (Å²) in [7, 11) is 0. The van der Waals surface area contributed by atoms with Crippen molar-refractivity contribution in [1.29, 1.82) is 0 Å². The molecular formula is C16H26O. The zero-order chi connectivity index (χ0) is 11.9. The van der Waals surface area contributed by atoms with Crippen LogP contribution in [0.2, 0.25) is 0 Å². The Bertz CT molecular complexity index is 255. The van der Waals surface area contributed by atoms with Crippen LogP contribution in [0.4, 0.5) is 0 Å². The fourth-order valence-corrected chi connectivity index (χ4v) is 3.47. The maximum absolute atomic E-state index is 11.2. The average molecular weight is 234 g/mol. The average Bonchev–Trinajstić information content (AvgIpc) is 2.42. The third kappa shape index (κ3) is 3.97. The molecular weight excluding hydrogens is 208 g/mol. The Morgan fingerprint density at radius 1 is 0.882 bits per heavy atom. The summed E-state index contributed by atoms with van der Waals surface area (Å²) in [6.07, 6.45) is 18.1. The van der Waals surface area contributed by atoms with Gasteiger partial charge in [-0.1, -0.05) is 57.4 Å². The minimum atomic E-state index is 0.588. The second kappa shape index (κ2) is 6.98. The Kier molecular flexibility index (Phi) is 5.28. The van der Waals surface area contributed by atoms with Gasteiger partial charge in [0.25, 0.3) is 0 Å². The number of carbonyl (C=O) groups is 1. The molecule has 0 bridgehead atoms. The normalized spacial score (nSPS) is 24.8. The van der Waals surface area contributed by atoms with Gasteiger partial charge in [0.2, 0.25) is 0 Å². The largest absolute Gasteiger partial charge is 0.298 e. The molecule has 2 aliphatic rings. The van der Waals surface area contributed by atoms with Crippen LogP contribution in [0.5, 0.6) is 0 Å².